The van der Waals surface area contributed by atoms with Crippen molar-refractivity contribution >= 4 is 12.0 Å². The van der Waals surface area contributed by atoms with E-state index in [9.17, 15) is 22.8 Å². The van der Waals surface area contributed by atoms with Gasteiger partial charge in [0.1, 0.15) is 5.75 Å². The molecule has 1 aliphatic carbocycles. The van der Waals surface area contributed by atoms with Crippen LogP contribution in [0.1, 0.15) is 67.9 Å². The Hall–Kier alpha value is -3.23. The molecule has 1 fully saturated rings. The van der Waals surface area contributed by atoms with Crippen molar-refractivity contribution in [2.24, 2.45) is 23.0 Å². The molecule has 6 nitrogen and oxygen atoms in total. The van der Waals surface area contributed by atoms with Crippen molar-refractivity contribution in [1.82, 2.24) is 5.32 Å². The van der Waals surface area contributed by atoms with Crippen LogP contribution in [0.2, 0.25) is 0 Å². The first-order chi connectivity index (χ1) is 16.8. The number of esters is 1. The van der Waals surface area contributed by atoms with Gasteiger partial charge in [-0.15, -0.1) is 13.2 Å². The smallest absolute Gasteiger partial charge is 0.465 e. The maximum absolute atomic E-state index is 12.7. The second-order valence-electron chi connectivity index (χ2n) is 10.4. The molecule has 3 N–H and O–H groups in total. The number of carbonyl (C=O) groups is 2. The van der Waals surface area contributed by atoms with Gasteiger partial charge in [0.05, 0.1) is 18.2 Å². The average molecular weight is 507 g/mol. The van der Waals surface area contributed by atoms with Crippen LogP contribution >= 0.6 is 0 Å². The van der Waals surface area contributed by atoms with Crippen LogP contribution in [0.25, 0.3) is 0 Å². The number of nitrogens with one attached hydrogen (secondary N) is 1. The SMILES string of the molecule is COC(=O)c1ccc(C(NC(N)=O)(c2ccc(OC(F)(F)F)cc2)C2CCC(C(C)(C)C)CC2)cc1. The molecule has 1 unspecified atom stereocenters. The van der Waals surface area contributed by atoms with Crippen molar-refractivity contribution in [2.45, 2.75) is 58.4 Å². The molecule has 0 saturated heterocycles. The zero-order chi connectivity index (χ0) is 26.7. The Morgan fingerprint density at radius 3 is 1.75 bits per heavy atom. The number of urea groups is 1. The number of carbonyl (C=O) groups excluding carboxylic acids is 2. The Bertz CT molecular complexity index is 1050. The lowest BCUT2D eigenvalue weighted by molar-refractivity contribution is -0.274. The molecule has 0 spiro atoms. The van der Waals surface area contributed by atoms with Crippen LogP contribution in [0.3, 0.4) is 0 Å². The van der Waals surface area contributed by atoms with E-state index >= 15 is 0 Å². The minimum absolute atomic E-state index is 0.0954. The van der Waals surface area contributed by atoms with Crippen LogP contribution in [-0.4, -0.2) is 25.5 Å². The topological polar surface area (TPSA) is 90.6 Å². The molecule has 0 bridgehead atoms. The van der Waals surface area contributed by atoms with Crippen LogP contribution in [-0.2, 0) is 10.3 Å². The van der Waals surface area contributed by atoms with Crippen LogP contribution in [0.15, 0.2) is 48.5 Å². The van der Waals surface area contributed by atoms with Crippen LogP contribution in [0.5, 0.6) is 5.75 Å². The molecule has 1 aliphatic rings. The number of primary amides is 1. The van der Waals surface area contributed by atoms with E-state index in [4.69, 9.17) is 10.5 Å². The number of halogens is 3. The molecule has 9 heteroatoms. The third-order valence-electron chi connectivity index (χ3n) is 7.19. The Labute approximate surface area is 209 Å². The highest BCUT2D eigenvalue weighted by molar-refractivity contribution is 5.89. The third kappa shape index (κ3) is 6.12. The summed E-state index contributed by atoms with van der Waals surface area (Å²) >= 11 is 0. The number of alkyl halides is 3. The maximum atomic E-state index is 12.7. The standard InChI is InChI=1S/C27H33F3N2O4/c1-25(2,3)18-9-11-20(12-10-18)26(32-24(31)34,19-7-5-17(6-8-19)23(33)35-4)21-13-15-22(16-14-21)36-27(28,29)30/h5-8,13-16,18,20H,9-12H2,1-4H3,(H3,31,32,34). The molecular weight excluding hydrogens is 473 g/mol. The number of hydrogen-bond acceptors (Lipinski definition) is 4. The zero-order valence-electron chi connectivity index (χ0n) is 20.9. The summed E-state index contributed by atoms with van der Waals surface area (Å²) in [4.78, 5) is 24.4. The minimum atomic E-state index is -4.82. The van der Waals surface area contributed by atoms with E-state index in [0.29, 0.717) is 22.6 Å². The first-order valence-corrected chi connectivity index (χ1v) is 11.9. The average Bonchev–Trinajstić information content (AvgIpc) is 2.81. The molecule has 0 aliphatic heterocycles. The van der Waals surface area contributed by atoms with E-state index in [-0.39, 0.29) is 17.1 Å². The number of hydrogen-bond donors (Lipinski definition) is 2. The third-order valence-corrected chi connectivity index (χ3v) is 7.19. The van der Waals surface area contributed by atoms with Gasteiger partial charge in [0.15, 0.2) is 0 Å². The lowest BCUT2D eigenvalue weighted by Gasteiger charge is -2.47. The van der Waals surface area contributed by atoms with Gasteiger partial charge in [0.2, 0.25) is 0 Å². The largest absolute Gasteiger partial charge is 0.573 e. The first kappa shape index (κ1) is 27.4. The highest BCUT2D eigenvalue weighted by Gasteiger charge is 2.46. The van der Waals surface area contributed by atoms with Gasteiger partial charge in [-0.3, -0.25) is 0 Å². The van der Waals surface area contributed by atoms with Crippen molar-refractivity contribution in [3.8, 4) is 5.75 Å². The highest BCUT2D eigenvalue weighted by Crippen LogP contribution is 2.48. The molecular formula is C27H33F3N2O4. The Balaban J connectivity index is 2.11. The van der Waals surface area contributed by atoms with Gasteiger partial charge in [0, 0.05) is 0 Å². The normalized spacial score (nSPS) is 20.2. The Morgan fingerprint density at radius 2 is 1.33 bits per heavy atom. The van der Waals surface area contributed by atoms with Gasteiger partial charge in [-0.2, -0.15) is 0 Å². The number of rotatable bonds is 6. The van der Waals surface area contributed by atoms with Gasteiger partial charge in [-0.1, -0.05) is 45.0 Å². The molecule has 196 valence electrons. The van der Waals surface area contributed by atoms with Crippen molar-refractivity contribution in [3.63, 3.8) is 0 Å². The fourth-order valence-corrected chi connectivity index (χ4v) is 5.38. The molecule has 0 heterocycles. The number of amides is 2. The minimum Gasteiger partial charge on any atom is -0.465 e. The monoisotopic (exact) mass is 506 g/mol. The molecule has 2 aromatic rings. The van der Waals surface area contributed by atoms with Gasteiger partial charge in [-0.05, 0) is 78.3 Å². The molecule has 3 rings (SSSR count). The summed E-state index contributed by atoms with van der Waals surface area (Å²) in [5, 5.41) is 2.94. The summed E-state index contributed by atoms with van der Waals surface area (Å²) in [6.45, 7) is 6.62. The van der Waals surface area contributed by atoms with Crippen molar-refractivity contribution in [2.75, 3.05) is 7.11 Å². The van der Waals surface area contributed by atoms with Gasteiger partial charge in [0.25, 0.3) is 0 Å². The molecule has 2 aromatic carbocycles. The maximum Gasteiger partial charge on any atom is 0.573 e. The second kappa shape index (κ2) is 10.4. The Kier molecular flexibility index (Phi) is 7.91. The molecule has 0 aromatic heterocycles. The summed E-state index contributed by atoms with van der Waals surface area (Å²) in [7, 11) is 1.29. The highest BCUT2D eigenvalue weighted by atomic mass is 19.4. The van der Waals surface area contributed by atoms with Crippen molar-refractivity contribution < 1.29 is 32.2 Å². The zero-order valence-corrected chi connectivity index (χ0v) is 20.9. The van der Waals surface area contributed by atoms with E-state index in [1.54, 1.807) is 24.3 Å². The lowest BCUT2D eigenvalue weighted by Crippen LogP contribution is -2.54. The van der Waals surface area contributed by atoms with E-state index in [0.717, 1.165) is 25.7 Å². The quantitative estimate of drug-likeness (QED) is 0.461. The second-order valence-corrected chi connectivity index (χ2v) is 10.4. The summed E-state index contributed by atoms with van der Waals surface area (Å²) < 4.78 is 47.0. The molecule has 0 radical (unpaired) electrons. The van der Waals surface area contributed by atoms with Gasteiger partial charge in [-0.25, -0.2) is 9.59 Å². The van der Waals surface area contributed by atoms with Crippen LogP contribution in [0.4, 0.5) is 18.0 Å². The predicted octanol–water partition coefficient (Wildman–Crippen LogP) is 6.14. The van der Waals surface area contributed by atoms with E-state index in [2.05, 4.69) is 30.8 Å². The van der Waals surface area contributed by atoms with Gasteiger partial charge < -0.3 is 20.5 Å². The van der Waals surface area contributed by atoms with Crippen molar-refractivity contribution in [1.29, 1.82) is 0 Å². The van der Waals surface area contributed by atoms with Gasteiger partial charge >= 0.3 is 18.4 Å². The number of methoxy groups -OCH3 is 1. The van der Waals surface area contributed by atoms with E-state index in [1.165, 1.54) is 31.4 Å². The fourth-order valence-electron chi connectivity index (χ4n) is 5.38. The lowest BCUT2D eigenvalue weighted by atomic mass is 9.62. The Morgan fingerprint density at radius 1 is 0.861 bits per heavy atom. The summed E-state index contributed by atoms with van der Waals surface area (Å²) in [6, 6.07) is 11.4. The first-order valence-electron chi connectivity index (χ1n) is 11.9. The number of ether oxygens (including phenoxy) is 2. The summed E-state index contributed by atoms with van der Waals surface area (Å²) in [5.41, 5.74) is 6.24. The summed E-state index contributed by atoms with van der Waals surface area (Å²) in [5.74, 6) is -0.475. The predicted molar refractivity (Wildman–Crippen MR) is 129 cm³/mol. The van der Waals surface area contributed by atoms with E-state index in [1.807, 2.05) is 0 Å². The number of benzene rings is 2. The van der Waals surface area contributed by atoms with E-state index < -0.39 is 23.9 Å². The van der Waals surface area contributed by atoms with Crippen LogP contribution < -0.4 is 15.8 Å². The number of nitrogens with two attached hydrogens (primary N) is 1. The molecule has 1 atom stereocenters. The van der Waals surface area contributed by atoms with Crippen LogP contribution in [0, 0.1) is 17.3 Å². The van der Waals surface area contributed by atoms with Crippen molar-refractivity contribution in [3.05, 3.63) is 65.2 Å². The summed E-state index contributed by atoms with van der Waals surface area (Å²) in [6.07, 6.45) is -1.44. The molecule has 2 amide bonds. The fraction of sp³-hybridized carbons (Fsp3) is 0.481. The molecule has 1 saturated carbocycles. The molecule has 36 heavy (non-hydrogen) atoms.